The molecule has 0 saturated carbocycles. The quantitative estimate of drug-likeness (QED) is 0.547. The molecule has 0 aliphatic rings. The second kappa shape index (κ2) is 7.35. The second-order valence-electron chi connectivity index (χ2n) is 3.49. The minimum Gasteiger partial charge on any atom is -0.448 e. The van der Waals surface area contributed by atoms with Crippen LogP contribution < -0.4 is 5.43 Å². The maximum absolute atomic E-state index is 11.0. The summed E-state index contributed by atoms with van der Waals surface area (Å²) in [6.45, 7) is 8.40. The minimum atomic E-state index is -0.474. The molecule has 0 aromatic heterocycles. The van der Waals surface area contributed by atoms with Gasteiger partial charge in [-0.3, -0.25) is 0 Å². The van der Waals surface area contributed by atoms with Crippen LogP contribution in [0.3, 0.4) is 0 Å². The van der Waals surface area contributed by atoms with E-state index in [4.69, 9.17) is 4.74 Å². The first kappa shape index (κ1) is 12.9. The molecular formula is C10H20N2O2. The van der Waals surface area contributed by atoms with Crippen LogP contribution in [0.15, 0.2) is 5.10 Å². The average Bonchev–Trinajstić information content (AvgIpc) is 2.16. The summed E-state index contributed by atoms with van der Waals surface area (Å²) in [6, 6.07) is 0. The van der Waals surface area contributed by atoms with Gasteiger partial charge in [-0.15, -0.1) is 0 Å². The fourth-order valence-corrected chi connectivity index (χ4v) is 0.807. The van der Waals surface area contributed by atoms with Gasteiger partial charge in [-0.2, -0.15) is 5.10 Å². The Morgan fingerprint density at radius 2 is 1.93 bits per heavy atom. The molecule has 0 aliphatic carbocycles. The highest BCUT2D eigenvalue weighted by Gasteiger charge is 2.02. The van der Waals surface area contributed by atoms with Gasteiger partial charge in [0.2, 0.25) is 0 Å². The molecule has 0 aliphatic heterocycles. The van der Waals surface area contributed by atoms with Crippen molar-refractivity contribution in [1.82, 2.24) is 5.43 Å². The first-order valence-corrected chi connectivity index (χ1v) is 5.08. The number of nitrogens with one attached hydrogen (secondary N) is 1. The Hall–Kier alpha value is -1.06. The van der Waals surface area contributed by atoms with Crippen molar-refractivity contribution in [3.05, 3.63) is 0 Å². The molecule has 1 N–H and O–H groups in total. The van der Waals surface area contributed by atoms with Crippen LogP contribution in [-0.4, -0.2) is 18.4 Å². The fraction of sp³-hybridized carbons (Fsp3) is 0.800. The molecule has 0 atom stereocenters. The lowest BCUT2D eigenvalue weighted by Crippen LogP contribution is -2.22. The van der Waals surface area contributed by atoms with Crippen LogP contribution in [0.2, 0.25) is 0 Å². The van der Waals surface area contributed by atoms with Gasteiger partial charge in [0.15, 0.2) is 0 Å². The molecule has 0 radical (unpaired) electrons. The van der Waals surface area contributed by atoms with E-state index in [-0.39, 0.29) is 0 Å². The van der Waals surface area contributed by atoms with Crippen molar-refractivity contribution in [3.63, 3.8) is 0 Å². The maximum atomic E-state index is 11.0. The third-order valence-corrected chi connectivity index (χ3v) is 1.67. The molecule has 4 nitrogen and oxygen atoms in total. The van der Waals surface area contributed by atoms with Gasteiger partial charge in [0.25, 0.3) is 0 Å². The van der Waals surface area contributed by atoms with Crippen molar-refractivity contribution in [2.75, 3.05) is 6.61 Å². The van der Waals surface area contributed by atoms with Crippen LogP contribution in [-0.2, 0) is 4.74 Å². The highest BCUT2D eigenvalue weighted by molar-refractivity contribution is 5.84. The summed E-state index contributed by atoms with van der Waals surface area (Å²) in [4.78, 5) is 11.0. The van der Waals surface area contributed by atoms with Crippen molar-refractivity contribution < 1.29 is 9.53 Å². The van der Waals surface area contributed by atoms with E-state index in [1.807, 2.05) is 27.7 Å². The van der Waals surface area contributed by atoms with Gasteiger partial charge in [-0.1, -0.05) is 27.7 Å². The Morgan fingerprint density at radius 1 is 1.36 bits per heavy atom. The molecule has 0 rings (SSSR count). The predicted octanol–water partition coefficient (Wildman–Crippen LogP) is 2.54. The molecule has 14 heavy (non-hydrogen) atoms. The van der Waals surface area contributed by atoms with Gasteiger partial charge in [0.05, 0.1) is 6.61 Å². The van der Waals surface area contributed by atoms with Crippen LogP contribution in [0.4, 0.5) is 4.79 Å². The summed E-state index contributed by atoms with van der Waals surface area (Å²) in [5.74, 6) is 0.349. The molecule has 4 heteroatoms. The van der Waals surface area contributed by atoms with Gasteiger partial charge in [0, 0.05) is 5.71 Å². The number of hydrazone groups is 1. The summed E-state index contributed by atoms with van der Waals surface area (Å²) in [5, 5.41) is 3.93. The zero-order chi connectivity index (χ0) is 11.0. The number of hydrogen-bond acceptors (Lipinski definition) is 3. The van der Waals surface area contributed by atoms with E-state index in [1.165, 1.54) is 0 Å². The normalized spacial score (nSPS) is 9.79. The van der Waals surface area contributed by atoms with Crippen molar-refractivity contribution in [1.29, 1.82) is 0 Å². The van der Waals surface area contributed by atoms with Gasteiger partial charge in [-0.05, 0) is 18.8 Å². The lowest BCUT2D eigenvalue weighted by Gasteiger charge is -2.06. The highest BCUT2D eigenvalue weighted by Crippen LogP contribution is 1.93. The Labute approximate surface area is 85.7 Å². The van der Waals surface area contributed by atoms with Crippen molar-refractivity contribution >= 4 is 11.8 Å². The van der Waals surface area contributed by atoms with Gasteiger partial charge >= 0.3 is 6.09 Å². The zero-order valence-electron chi connectivity index (χ0n) is 9.46. The van der Waals surface area contributed by atoms with Crippen LogP contribution in [0.25, 0.3) is 0 Å². The van der Waals surface area contributed by atoms with Crippen molar-refractivity contribution in [2.45, 2.75) is 40.5 Å². The minimum absolute atomic E-state index is 0.349. The summed E-state index contributed by atoms with van der Waals surface area (Å²) in [7, 11) is 0. The Kier molecular flexibility index (Phi) is 6.80. The molecule has 82 valence electrons. The molecule has 0 aromatic carbocycles. The Morgan fingerprint density at radius 3 is 2.36 bits per heavy atom. The van der Waals surface area contributed by atoms with Crippen LogP contribution in [0.5, 0.6) is 0 Å². The summed E-state index contributed by atoms with van der Waals surface area (Å²) >= 11 is 0. The monoisotopic (exact) mass is 200 g/mol. The Bertz CT molecular complexity index is 194. The van der Waals surface area contributed by atoms with E-state index in [0.29, 0.717) is 12.5 Å². The van der Waals surface area contributed by atoms with Gasteiger partial charge in [0.1, 0.15) is 0 Å². The summed E-state index contributed by atoms with van der Waals surface area (Å²) in [5.41, 5.74) is 3.33. The van der Waals surface area contributed by atoms with E-state index < -0.39 is 6.09 Å². The summed E-state index contributed by atoms with van der Waals surface area (Å²) < 4.78 is 4.89. The SMILES string of the molecule is CCC(CC)=NNC(=O)OCC(C)C. The number of nitrogens with zero attached hydrogens (tertiary/aromatic N) is 1. The lowest BCUT2D eigenvalue weighted by atomic mass is 10.2. The van der Waals surface area contributed by atoms with Crippen LogP contribution >= 0.6 is 0 Å². The molecule has 0 saturated heterocycles. The van der Waals surface area contributed by atoms with E-state index in [9.17, 15) is 4.79 Å². The molecule has 0 aromatic rings. The third-order valence-electron chi connectivity index (χ3n) is 1.67. The number of carbonyl (C=O) groups is 1. The van der Waals surface area contributed by atoms with Crippen LogP contribution in [0, 0.1) is 5.92 Å². The number of amides is 1. The lowest BCUT2D eigenvalue weighted by molar-refractivity contribution is 0.133. The van der Waals surface area contributed by atoms with E-state index in [1.54, 1.807) is 0 Å². The highest BCUT2D eigenvalue weighted by atomic mass is 16.6. The number of ether oxygens (including phenoxy) is 1. The molecular weight excluding hydrogens is 180 g/mol. The van der Waals surface area contributed by atoms with E-state index in [2.05, 4.69) is 10.5 Å². The number of rotatable bonds is 5. The first-order chi connectivity index (χ1) is 6.60. The van der Waals surface area contributed by atoms with Gasteiger partial charge < -0.3 is 4.74 Å². The maximum Gasteiger partial charge on any atom is 0.427 e. The first-order valence-electron chi connectivity index (χ1n) is 5.08. The molecule has 0 bridgehead atoms. The van der Waals surface area contributed by atoms with Gasteiger partial charge in [-0.25, -0.2) is 10.2 Å². The zero-order valence-corrected chi connectivity index (χ0v) is 9.46. The number of hydrogen-bond donors (Lipinski definition) is 1. The molecule has 0 fully saturated rings. The Balaban J connectivity index is 3.77. The summed E-state index contributed by atoms with van der Waals surface area (Å²) in [6.07, 6.45) is 1.22. The van der Waals surface area contributed by atoms with Crippen molar-refractivity contribution in [2.24, 2.45) is 11.0 Å². The second-order valence-corrected chi connectivity index (χ2v) is 3.49. The van der Waals surface area contributed by atoms with E-state index in [0.717, 1.165) is 18.6 Å². The van der Waals surface area contributed by atoms with E-state index >= 15 is 0 Å². The standard InChI is InChI=1S/C10H20N2O2/c1-5-9(6-2)11-12-10(13)14-7-8(3)4/h8H,5-7H2,1-4H3,(H,12,13). The largest absolute Gasteiger partial charge is 0.448 e. The van der Waals surface area contributed by atoms with Crippen LogP contribution in [0.1, 0.15) is 40.5 Å². The molecule has 0 heterocycles. The smallest absolute Gasteiger partial charge is 0.427 e. The third kappa shape index (κ3) is 6.46. The molecule has 1 amide bonds. The average molecular weight is 200 g/mol. The molecule has 0 unspecified atom stereocenters. The topological polar surface area (TPSA) is 50.7 Å². The van der Waals surface area contributed by atoms with Crippen molar-refractivity contribution in [3.8, 4) is 0 Å². The predicted molar refractivity (Wildman–Crippen MR) is 57.3 cm³/mol. The molecule has 0 spiro atoms. The number of carbonyl (C=O) groups excluding carboxylic acids is 1. The fourth-order valence-electron chi connectivity index (χ4n) is 0.807.